The van der Waals surface area contributed by atoms with Crippen LogP contribution in [0.1, 0.15) is 41.7 Å². The Balaban J connectivity index is 1.44. The van der Waals surface area contributed by atoms with Crippen molar-refractivity contribution < 1.29 is 9.53 Å². The lowest BCUT2D eigenvalue weighted by Crippen LogP contribution is -2.48. The third-order valence-electron chi connectivity index (χ3n) is 6.49. The highest BCUT2D eigenvalue weighted by Gasteiger charge is 2.45. The van der Waals surface area contributed by atoms with Crippen molar-refractivity contribution in [3.63, 3.8) is 0 Å². The highest BCUT2D eigenvalue weighted by Crippen LogP contribution is 2.40. The van der Waals surface area contributed by atoms with Crippen molar-refractivity contribution in [2.45, 2.75) is 44.8 Å². The predicted octanol–water partition coefficient (Wildman–Crippen LogP) is 2.60. The van der Waals surface area contributed by atoms with Gasteiger partial charge in [0, 0.05) is 31.9 Å². The van der Waals surface area contributed by atoms with E-state index >= 15 is 0 Å². The molecule has 0 N–H and O–H groups in total. The molecule has 3 aliphatic rings. The topological polar surface area (TPSA) is 45.7 Å². The van der Waals surface area contributed by atoms with Gasteiger partial charge in [-0.1, -0.05) is 6.07 Å². The molecule has 5 nitrogen and oxygen atoms in total. The molecule has 4 atom stereocenters. The first-order valence-corrected chi connectivity index (χ1v) is 10.0. The second kappa shape index (κ2) is 7.28. The molecule has 1 aliphatic heterocycles. The molecule has 1 aromatic rings. The van der Waals surface area contributed by atoms with Crippen LogP contribution < -0.4 is 0 Å². The van der Waals surface area contributed by atoms with Crippen LogP contribution in [0.5, 0.6) is 0 Å². The van der Waals surface area contributed by atoms with Crippen molar-refractivity contribution in [2.24, 2.45) is 17.8 Å². The number of carbonyl (C=O) groups is 1. The number of hydrogen-bond donors (Lipinski definition) is 0. The number of likely N-dealkylation sites (tertiary alicyclic amines) is 1. The minimum Gasteiger partial charge on any atom is -0.376 e. The SMILES string of the molecule is Cc1cccnc1C(=O)N1C[C@H]2C[C@@H](N(C)C)[C@H](OCC3CC3)C[C@H]2C1. The second-order valence-electron chi connectivity index (χ2n) is 8.72. The van der Waals surface area contributed by atoms with E-state index in [0.717, 1.165) is 44.0 Å². The van der Waals surface area contributed by atoms with Crippen molar-refractivity contribution in [3.05, 3.63) is 29.6 Å². The van der Waals surface area contributed by atoms with E-state index in [4.69, 9.17) is 4.74 Å². The number of rotatable bonds is 5. The van der Waals surface area contributed by atoms with E-state index in [-0.39, 0.29) is 5.91 Å². The van der Waals surface area contributed by atoms with Crippen LogP contribution in [0.4, 0.5) is 0 Å². The Hall–Kier alpha value is -1.46. The molecule has 1 amide bonds. The molecule has 2 heterocycles. The lowest BCUT2D eigenvalue weighted by molar-refractivity contribution is -0.0493. The fraction of sp³-hybridized carbons (Fsp3) is 0.714. The quantitative estimate of drug-likeness (QED) is 0.813. The summed E-state index contributed by atoms with van der Waals surface area (Å²) in [6.45, 7) is 4.59. The van der Waals surface area contributed by atoms with E-state index < -0.39 is 0 Å². The van der Waals surface area contributed by atoms with E-state index in [1.54, 1.807) is 6.20 Å². The van der Waals surface area contributed by atoms with Crippen LogP contribution in [0.2, 0.25) is 0 Å². The van der Waals surface area contributed by atoms with E-state index in [9.17, 15) is 4.79 Å². The summed E-state index contributed by atoms with van der Waals surface area (Å²) >= 11 is 0. The minimum atomic E-state index is 0.0920. The maximum atomic E-state index is 13.0. The van der Waals surface area contributed by atoms with Crippen LogP contribution in [0.15, 0.2) is 18.3 Å². The Morgan fingerprint density at radius 2 is 2.00 bits per heavy atom. The van der Waals surface area contributed by atoms with Gasteiger partial charge in [0.2, 0.25) is 0 Å². The van der Waals surface area contributed by atoms with Gasteiger partial charge < -0.3 is 14.5 Å². The molecule has 0 bridgehead atoms. The molecule has 0 radical (unpaired) electrons. The van der Waals surface area contributed by atoms with Gasteiger partial charge in [-0.2, -0.15) is 0 Å². The van der Waals surface area contributed by atoms with Crippen molar-refractivity contribution in [1.82, 2.24) is 14.8 Å². The first-order chi connectivity index (χ1) is 12.5. The van der Waals surface area contributed by atoms with Gasteiger partial charge in [-0.3, -0.25) is 9.78 Å². The Morgan fingerprint density at radius 3 is 2.65 bits per heavy atom. The van der Waals surface area contributed by atoms with Crippen LogP contribution in [0.25, 0.3) is 0 Å². The van der Waals surface area contributed by atoms with E-state index in [0.29, 0.717) is 29.7 Å². The van der Waals surface area contributed by atoms with Crippen LogP contribution >= 0.6 is 0 Å². The molecule has 3 fully saturated rings. The van der Waals surface area contributed by atoms with Crippen molar-refractivity contribution in [2.75, 3.05) is 33.8 Å². The number of likely N-dealkylation sites (N-methyl/N-ethyl adjacent to an activating group) is 1. The average Bonchev–Trinajstić information content (AvgIpc) is 3.36. The van der Waals surface area contributed by atoms with Gasteiger partial charge in [-0.25, -0.2) is 0 Å². The third kappa shape index (κ3) is 3.65. The molecule has 142 valence electrons. The van der Waals surface area contributed by atoms with Gasteiger partial charge in [0.15, 0.2) is 0 Å². The van der Waals surface area contributed by atoms with Crippen molar-refractivity contribution in [1.29, 1.82) is 0 Å². The maximum Gasteiger partial charge on any atom is 0.272 e. The third-order valence-corrected chi connectivity index (χ3v) is 6.49. The number of carbonyl (C=O) groups excluding carboxylic acids is 1. The molecule has 0 aromatic carbocycles. The number of nitrogens with zero attached hydrogens (tertiary/aromatic N) is 3. The summed E-state index contributed by atoms with van der Waals surface area (Å²) in [5, 5.41) is 0. The summed E-state index contributed by atoms with van der Waals surface area (Å²) in [5.74, 6) is 2.03. The molecule has 1 saturated heterocycles. The minimum absolute atomic E-state index is 0.0920. The number of amides is 1. The van der Waals surface area contributed by atoms with Crippen molar-refractivity contribution >= 4 is 5.91 Å². The molecule has 2 aliphatic carbocycles. The number of pyridine rings is 1. The fourth-order valence-electron chi connectivity index (χ4n) is 4.68. The zero-order chi connectivity index (χ0) is 18.3. The van der Waals surface area contributed by atoms with Gasteiger partial charge in [-0.15, -0.1) is 0 Å². The zero-order valence-corrected chi connectivity index (χ0v) is 16.2. The number of aryl methyl sites for hydroxylation is 1. The van der Waals surface area contributed by atoms with Crippen LogP contribution in [-0.2, 0) is 4.74 Å². The average molecular weight is 357 g/mol. The first kappa shape index (κ1) is 17.9. The lowest BCUT2D eigenvalue weighted by atomic mass is 9.77. The summed E-state index contributed by atoms with van der Waals surface area (Å²) in [4.78, 5) is 21.6. The van der Waals surface area contributed by atoms with Gasteiger partial charge in [0.1, 0.15) is 5.69 Å². The van der Waals surface area contributed by atoms with Crippen LogP contribution in [0, 0.1) is 24.7 Å². The number of ether oxygens (including phenoxy) is 1. The Bertz CT molecular complexity index is 658. The van der Waals surface area contributed by atoms with Crippen LogP contribution in [-0.4, -0.2) is 66.6 Å². The molecule has 4 rings (SSSR count). The van der Waals surface area contributed by atoms with Gasteiger partial charge in [0.05, 0.1) is 6.10 Å². The molecule has 2 saturated carbocycles. The highest BCUT2D eigenvalue weighted by atomic mass is 16.5. The predicted molar refractivity (Wildman–Crippen MR) is 101 cm³/mol. The van der Waals surface area contributed by atoms with Gasteiger partial charge in [0.25, 0.3) is 5.91 Å². The molecule has 1 aromatic heterocycles. The van der Waals surface area contributed by atoms with Gasteiger partial charge in [-0.05, 0) is 76.1 Å². The molecular weight excluding hydrogens is 326 g/mol. The Kier molecular flexibility index (Phi) is 5.02. The molecule has 5 heteroatoms. The second-order valence-corrected chi connectivity index (χ2v) is 8.72. The molecule has 26 heavy (non-hydrogen) atoms. The van der Waals surface area contributed by atoms with E-state index in [1.807, 2.05) is 24.0 Å². The first-order valence-electron chi connectivity index (χ1n) is 10.0. The van der Waals surface area contributed by atoms with Gasteiger partial charge >= 0.3 is 0 Å². The number of hydrogen-bond acceptors (Lipinski definition) is 4. The Morgan fingerprint density at radius 1 is 1.27 bits per heavy atom. The molecular formula is C21H31N3O2. The van der Waals surface area contributed by atoms with Crippen molar-refractivity contribution in [3.8, 4) is 0 Å². The summed E-state index contributed by atoms with van der Waals surface area (Å²) < 4.78 is 6.33. The highest BCUT2D eigenvalue weighted by molar-refractivity contribution is 5.93. The summed E-state index contributed by atoms with van der Waals surface area (Å²) in [5.41, 5.74) is 1.57. The normalized spacial score (nSPS) is 31.3. The number of fused-ring (bicyclic) bond motifs is 1. The Labute approximate surface area is 156 Å². The summed E-state index contributed by atoms with van der Waals surface area (Å²) in [7, 11) is 4.32. The smallest absolute Gasteiger partial charge is 0.272 e. The van der Waals surface area contributed by atoms with E-state index in [1.165, 1.54) is 12.8 Å². The van der Waals surface area contributed by atoms with E-state index in [2.05, 4.69) is 24.0 Å². The largest absolute Gasteiger partial charge is 0.376 e. The molecule has 0 spiro atoms. The standard InChI is InChI=1S/C21H31N3O2/c1-14-5-4-8-22-20(14)21(25)24-11-16-9-18(23(2)3)19(10-17(16)12-24)26-13-15-6-7-15/h4-5,8,15-19H,6-7,9-13H2,1-3H3/t16-,17+,18-,19-/m1/s1. The lowest BCUT2D eigenvalue weighted by Gasteiger charge is -2.41. The van der Waals surface area contributed by atoms with Crippen LogP contribution in [0.3, 0.4) is 0 Å². The monoisotopic (exact) mass is 357 g/mol. The summed E-state index contributed by atoms with van der Waals surface area (Å²) in [6.07, 6.45) is 6.88. The summed E-state index contributed by atoms with van der Waals surface area (Å²) in [6, 6.07) is 4.31. The zero-order valence-electron chi connectivity index (χ0n) is 16.2. The maximum absolute atomic E-state index is 13.0. The fourth-order valence-corrected chi connectivity index (χ4v) is 4.68. The number of aromatic nitrogens is 1. The molecule has 0 unspecified atom stereocenters.